The van der Waals surface area contributed by atoms with E-state index in [9.17, 15) is 4.79 Å². The molecule has 14 heavy (non-hydrogen) atoms. The molecule has 0 saturated heterocycles. The zero-order chi connectivity index (χ0) is 10.4. The van der Waals surface area contributed by atoms with E-state index in [0.717, 1.165) is 13.1 Å². The Morgan fingerprint density at radius 3 is 2.50 bits per heavy atom. The highest BCUT2D eigenvalue weighted by molar-refractivity contribution is 5.77. The monoisotopic (exact) mass is 198 g/mol. The molecule has 0 unspecified atom stereocenters. The van der Waals surface area contributed by atoms with Crippen LogP contribution in [-0.4, -0.2) is 25.0 Å². The molecular formula is C11H22N2O. The molecule has 1 fully saturated rings. The lowest BCUT2D eigenvalue weighted by molar-refractivity contribution is -0.123. The predicted molar refractivity (Wildman–Crippen MR) is 58.1 cm³/mol. The van der Waals surface area contributed by atoms with E-state index in [-0.39, 0.29) is 11.8 Å². The number of carbonyl (C=O) groups is 1. The molecule has 0 atom stereocenters. The summed E-state index contributed by atoms with van der Waals surface area (Å²) in [5.74, 6) is 0.250. The Bertz CT molecular complexity index is 174. The van der Waals surface area contributed by atoms with E-state index >= 15 is 0 Å². The van der Waals surface area contributed by atoms with Gasteiger partial charge < -0.3 is 10.6 Å². The second kappa shape index (κ2) is 6.02. The van der Waals surface area contributed by atoms with Gasteiger partial charge in [0.1, 0.15) is 0 Å². The number of hydrogen-bond donors (Lipinski definition) is 2. The highest BCUT2D eigenvalue weighted by Gasteiger charge is 2.13. The van der Waals surface area contributed by atoms with Crippen molar-refractivity contribution < 1.29 is 4.79 Å². The molecule has 0 aromatic rings. The van der Waals surface area contributed by atoms with Crippen molar-refractivity contribution in [2.45, 2.75) is 45.6 Å². The van der Waals surface area contributed by atoms with E-state index in [2.05, 4.69) is 10.6 Å². The molecule has 3 heteroatoms. The summed E-state index contributed by atoms with van der Waals surface area (Å²) in [6.45, 7) is 5.50. The first kappa shape index (κ1) is 11.5. The first-order valence-corrected chi connectivity index (χ1v) is 5.71. The van der Waals surface area contributed by atoms with Gasteiger partial charge in [-0.1, -0.05) is 26.7 Å². The minimum Gasteiger partial charge on any atom is -0.355 e. The van der Waals surface area contributed by atoms with Gasteiger partial charge in [0.15, 0.2) is 0 Å². The molecule has 1 aliphatic carbocycles. The molecule has 0 aliphatic heterocycles. The van der Waals surface area contributed by atoms with Crippen LogP contribution >= 0.6 is 0 Å². The fourth-order valence-corrected chi connectivity index (χ4v) is 1.80. The summed E-state index contributed by atoms with van der Waals surface area (Å²) in [5, 5.41) is 6.37. The van der Waals surface area contributed by atoms with Gasteiger partial charge in [-0.15, -0.1) is 0 Å². The molecule has 0 heterocycles. The Morgan fingerprint density at radius 1 is 1.29 bits per heavy atom. The number of amides is 1. The maximum absolute atomic E-state index is 11.2. The van der Waals surface area contributed by atoms with Gasteiger partial charge in [-0.3, -0.25) is 4.79 Å². The molecule has 0 radical (unpaired) electrons. The van der Waals surface area contributed by atoms with Crippen LogP contribution in [0, 0.1) is 5.92 Å². The summed E-state index contributed by atoms with van der Waals surface area (Å²) >= 11 is 0. The van der Waals surface area contributed by atoms with E-state index in [1.54, 1.807) is 0 Å². The molecule has 1 rings (SSSR count). The number of rotatable bonds is 5. The van der Waals surface area contributed by atoms with Gasteiger partial charge in [-0.2, -0.15) is 0 Å². The van der Waals surface area contributed by atoms with Crippen molar-refractivity contribution >= 4 is 5.91 Å². The lowest BCUT2D eigenvalue weighted by Crippen LogP contribution is -2.37. The van der Waals surface area contributed by atoms with Gasteiger partial charge in [0, 0.05) is 25.0 Å². The SMILES string of the molecule is CC(C)C(=O)NCCNC1CCCC1. The summed E-state index contributed by atoms with van der Waals surface area (Å²) in [6, 6.07) is 0.700. The Morgan fingerprint density at radius 2 is 1.93 bits per heavy atom. The molecule has 0 aromatic carbocycles. The minimum absolute atomic E-state index is 0.0986. The molecule has 0 aromatic heterocycles. The third kappa shape index (κ3) is 4.09. The quantitative estimate of drug-likeness (QED) is 0.654. The predicted octanol–water partition coefficient (Wildman–Crippen LogP) is 1.29. The molecule has 82 valence electrons. The van der Waals surface area contributed by atoms with E-state index in [1.165, 1.54) is 25.7 Å². The van der Waals surface area contributed by atoms with Crippen LogP contribution < -0.4 is 10.6 Å². The van der Waals surface area contributed by atoms with Gasteiger partial charge in [0.25, 0.3) is 0 Å². The summed E-state index contributed by atoms with van der Waals surface area (Å²) in [6.07, 6.45) is 5.32. The van der Waals surface area contributed by atoms with E-state index < -0.39 is 0 Å². The average Bonchev–Trinajstić information content (AvgIpc) is 2.64. The normalized spacial score (nSPS) is 17.6. The van der Waals surface area contributed by atoms with E-state index in [4.69, 9.17) is 0 Å². The lowest BCUT2D eigenvalue weighted by Gasteiger charge is -2.12. The second-order valence-corrected chi connectivity index (χ2v) is 4.38. The van der Waals surface area contributed by atoms with Crippen LogP contribution in [0.1, 0.15) is 39.5 Å². The molecule has 1 saturated carbocycles. The largest absolute Gasteiger partial charge is 0.355 e. The second-order valence-electron chi connectivity index (χ2n) is 4.38. The summed E-state index contributed by atoms with van der Waals surface area (Å²) < 4.78 is 0. The van der Waals surface area contributed by atoms with Gasteiger partial charge in [-0.05, 0) is 12.8 Å². The highest BCUT2D eigenvalue weighted by Crippen LogP contribution is 2.16. The zero-order valence-corrected chi connectivity index (χ0v) is 9.31. The molecule has 0 bridgehead atoms. The third-order valence-corrected chi connectivity index (χ3v) is 2.74. The third-order valence-electron chi connectivity index (χ3n) is 2.74. The van der Waals surface area contributed by atoms with Crippen LogP contribution in [0.3, 0.4) is 0 Å². The fraction of sp³-hybridized carbons (Fsp3) is 0.909. The van der Waals surface area contributed by atoms with Crippen molar-refractivity contribution in [3.8, 4) is 0 Å². The van der Waals surface area contributed by atoms with Crippen molar-refractivity contribution in [3.05, 3.63) is 0 Å². The Hall–Kier alpha value is -0.570. The van der Waals surface area contributed by atoms with Crippen molar-refractivity contribution in [2.75, 3.05) is 13.1 Å². The maximum Gasteiger partial charge on any atom is 0.222 e. The minimum atomic E-state index is 0.0986. The van der Waals surface area contributed by atoms with Gasteiger partial charge >= 0.3 is 0 Å². The van der Waals surface area contributed by atoms with Crippen LogP contribution in [0.25, 0.3) is 0 Å². The van der Waals surface area contributed by atoms with Crippen molar-refractivity contribution in [2.24, 2.45) is 5.92 Å². The van der Waals surface area contributed by atoms with Crippen LogP contribution in [0.4, 0.5) is 0 Å². The lowest BCUT2D eigenvalue weighted by atomic mass is 10.2. The van der Waals surface area contributed by atoms with Crippen LogP contribution in [0.5, 0.6) is 0 Å². The van der Waals surface area contributed by atoms with Crippen LogP contribution in [0.2, 0.25) is 0 Å². The average molecular weight is 198 g/mol. The molecular weight excluding hydrogens is 176 g/mol. The molecule has 2 N–H and O–H groups in total. The van der Waals surface area contributed by atoms with E-state index in [1.807, 2.05) is 13.8 Å². The molecule has 1 amide bonds. The first-order valence-electron chi connectivity index (χ1n) is 5.71. The van der Waals surface area contributed by atoms with Crippen LogP contribution in [-0.2, 0) is 4.79 Å². The van der Waals surface area contributed by atoms with Crippen molar-refractivity contribution in [1.82, 2.24) is 10.6 Å². The topological polar surface area (TPSA) is 41.1 Å². The Labute approximate surface area is 86.6 Å². The van der Waals surface area contributed by atoms with E-state index in [0.29, 0.717) is 6.04 Å². The Kier molecular flexibility index (Phi) is 4.94. The van der Waals surface area contributed by atoms with Gasteiger partial charge in [0.2, 0.25) is 5.91 Å². The molecule has 1 aliphatic rings. The van der Waals surface area contributed by atoms with Gasteiger partial charge in [-0.25, -0.2) is 0 Å². The molecule has 0 spiro atoms. The van der Waals surface area contributed by atoms with Crippen LogP contribution in [0.15, 0.2) is 0 Å². The highest BCUT2D eigenvalue weighted by atomic mass is 16.1. The number of hydrogen-bond acceptors (Lipinski definition) is 2. The van der Waals surface area contributed by atoms with Crippen molar-refractivity contribution in [3.63, 3.8) is 0 Å². The number of carbonyl (C=O) groups excluding carboxylic acids is 1. The zero-order valence-electron chi connectivity index (χ0n) is 9.31. The molecule has 3 nitrogen and oxygen atoms in total. The maximum atomic E-state index is 11.2. The van der Waals surface area contributed by atoms with Gasteiger partial charge in [0.05, 0.1) is 0 Å². The summed E-state index contributed by atoms with van der Waals surface area (Å²) in [5.41, 5.74) is 0. The Balaban J connectivity index is 1.96. The van der Waals surface area contributed by atoms with Crippen molar-refractivity contribution in [1.29, 1.82) is 0 Å². The summed E-state index contributed by atoms with van der Waals surface area (Å²) in [4.78, 5) is 11.2. The number of nitrogens with one attached hydrogen (secondary N) is 2. The smallest absolute Gasteiger partial charge is 0.222 e. The fourth-order valence-electron chi connectivity index (χ4n) is 1.80. The standard InChI is InChI=1S/C11H22N2O/c1-9(2)11(14)13-8-7-12-10-5-3-4-6-10/h9-10,12H,3-8H2,1-2H3,(H,13,14). The summed E-state index contributed by atoms with van der Waals surface area (Å²) in [7, 11) is 0. The first-order chi connectivity index (χ1) is 6.70.